The second kappa shape index (κ2) is 7.19. The van der Waals surface area contributed by atoms with Crippen LogP contribution in [0.25, 0.3) is 0 Å². The molecule has 5 heteroatoms. The van der Waals surface area contributed by atoms with Crippen molar-refractivity contribution >= 4 is 35.2 Å². The molecule has 0 heterocycles. The second-order valence-corrected chi connectivity index (χ2v) is 2.88. The lowest BCUT2D eigenvalue weighted by atomic mass is 10.2. The van der Waals surface area contributed by atoms with E-state index in [0.717, 1.165) is 0 Å². The summed E-state index contributed by atoms with van der Waals surface area (Å²) >= 11 is 10.4. The Morgan fingerprint density at radius 2 is 2.14 bits per heavy atom. The highest BCUT2D eigenvalue weighted by Gasteiger charge is 1.95. The van der Waals surface area contributed by atoms with Crippen LogP contribution >= 0.6 is 23.2 Å². The number of hydrogen-bond donors (Lipinski definition) is 1. The van der Waals surface area contributed by atoms with Gasteiger partial charge in [-0.1, -0.05) is 11.6 Å². The van der Waals surface area contributed by atoms with Gasteiger partial charge in [-0.05, 0) is 18.2 Å². The Bertz CT molecular complexity index is 347. The molecule has 0 amide bonds. The number of aldehydes is 1. The normalized spacial score (nSPS) is 8.07. The summed E-state index contributed by atoms with van der Waals surface area (Å²) in [5.74, 6) is 0.111. The van der Waals surface area contributed by atoms with Crippen molar-refractivity contribution in [3.63, 3.8) is 0 Å². The maximum Gasteiger partial charge on any atom is 0.134 e. The Labute approximate surface area is 92.0 Å². The number of nitrogens with two attached hydrogens (primary N) is 1. The van der Waals surface area contributed by atoms with Gasteiger partial charge in [-0.2, -0.15) is 5.26 Å². The molecule has 0 aliphatic carbocycles. The van der Waals surface area contributed by atoms with Gasteiger partial charge in [-0.15, -0.1) is 11.6 Å². The SMILES string of the molecule is N#Cc1ccc(N)c(Cl)c1.O=CCCl. The molecule has 3 nitrogen and oxygen atoms in total. The second-order valence-electron chi connectivity index (χ2n) is 2.17. The molecule has 0 atom stereocenters. The van der Waals surface area contributed by atoms with Gasteiger partial charge in [-0.25, -0.2) is 0 Å². The van der Waals surface area contributed by atoms with E-state index in [1.54, 1.807) is 12.1 Å². The summed E-state index contributed by atoms with van der Waals surface area (Å²) in [4.78, 5) is 9.04. The monoisotopic (exact) mass is 230 g/mol. The van der Waals surface area contributed by atoms with Crippen molar-refractivity contribution in [1.82, 2.24) is 0 Å². The molecule has 0 unspecified atom stereocenters. The summed E-state index contributed by atoms with van der Waals surface area (Å²) in [5, 5.41) is 8.83. The highest BCUT2D eigenvalue weighted by atomic mass is 35.5. The number of carbonyl (C=O) groups excluding carboxylic acids is 1. The molecular formula is C9H8Cl2N2O. The predicted octanol–water partition coefficient (Wildman–Crippen LogP) is 2.22. The van der Waals surface area contributed by atoms with Crippen molar-refractivity contribution < 1.29 is 4.79 Å². The highest BCUT2D eigenvalue weighted by molar-refractivity contribution is 6.33. The summed E-state index contributed by atoms with van der Waals surface area (Å²) in [6.07, 6.45) is 0.640. The van der Waals surface area contributed by atoms with Crippen molar-refractivity contribution in [2.24, 2.45) is 0 Å². The number of nitriles is 1. The zero-order chi connectivity index (χ0) is 11.0. The van der Waals surface area contributed by atoms with E-state index in [2.05, 4.69) is 0 Å². The molecule has 1 aromatic carbocycles. The zero-order valence-corrected chi connectivity index (χ0v) is 8.72. The molecule has 0 spiro atoms. The van der Waals surface area contributed by atoms with E-state index >= 15 is 0 Å². The third kappa shape index (κ3) is 4.70. The number of halogens is 2. The maximum atomic E-state index is 9.04. The maximum absolute atomic E-state index is 9.04. The van der Waals surface area contributed by atoms with Crippen LogP contribution in [0.15, 0.2) is 18.2 Å². The number of alkyl halides is 1. The summed E-state index contributed by atoms with van der Waals surface area (Å²) in [7, 11) is 0. The fraction of sp³-hybridized carbons (Fsp3) is 0.111. The van der Waals surface area contributed by atoms with Crippen LogP contribution < -0.4 is 5.73 Å². The van der Waals surface area contributed by atoms with Gasteiger partial charge in [0.05, 0.1) is 28.2 Å². The van der Waals surface area contributed by atoms with Crippen molar-refractivity contribution in [2.75, 3.05) is 11.6 Å². The minimum Gasteiger partial charge on any atom is -0.398 e. The number of carbonyl (C=O) groups is 1. The standard InChI is InChI=1S/C7H5ClN2.C2H3ClO/c8-6-3-5(4-9)1-2-7(6)10;3-1-2-4/h1-3H,10H2;2H,1H2. The van der Waals surface area contributed by atoms with Crippen molar-refractivity contribution in [2.45, 2.75) is 0 Å². The molecule has 0 aliphatic heterocycles. The van der Waals surface area contributed by atoms with Crippen molar-refractivity contribution in [3.05, 3.63) is 28.8 Å². The first-order chi connectivity index (χ1) is 6.65. The van der Waals surface area contributed by atoms with Gasteiger partial charge in [0.25, 0.3) is 0 Å². The largest absolute Gasteiger partial charge is 0.398 e. The Hall–Kier alpha value is -1.24. The Morgan fingerprint density at radius 3 is 2.50 bits per heavy atom. The first-order valence-corrected chi connectivity index (χ1v) is 4.51. The molecule has 0 radical (unpaired) electrons. The molecular weight excluding hydrogens is 223 g/mol. The Morgan fingerprint density at radius 1 is 1.57 bits per heavy atom. The minimum atomic E-state index is 0.111. The van der Waals surface area contributed by atoms with Crippen molar-refractivity contribution in [1.29, 1.82) is 5.26 Å². The number of nitrogens with zero attached hydrogens (tertiary/aromatic N) is 1. The van der Waals surface area contributed by atoms with E-state index in [9.17, 15) is 0 Å². The molecule has 74 valence electrons. The zero-order valence-electron chi connectivity index (χ0n) is 7.21. The van der Waals surface area contributed by atoms with Gasteiger partial charge in [0, 0.05) is 0 Å². The fourth-order valence-electron chi connectivity index (χ4n) is 0.597. The van der Waals surface area contributed by atoms with Crippen LogP contribution in [0.2, 0.25) is 5.02 Å². The topological polar surface area (TPSA) is 66.9 Å². The van der Waals surface area contributed by atoms with E-state index in [0.29, 0.717) is 22.6 Å². The molecule has 1 aromatic rings. The Balaban J connectivity index is 0.000000364. The molecule has 14 heavy (non-hydrogen) atoms. The number of rotatable bonds is 1. The quantitative estimate of drug-likeness (QED) is 0.457. The lowest BCUT2D eigenvalue weighted by molar-refractivity contribution is -0.105. The third-order valence-corrected chi connectivity index (χ3v) is 1.65. The molecule has 1 rings (SSSR count). The average molecular weight is 231 g/mol. The average Bonchev–Trinajstić information content (AvgIpc) is 2.22. The molecule has 0 saturated carbocycles. The number of nitrogen functional groups attached to an aromatic ring is 1. The van der Waals surface area contributed by atoms with Crippen LogP contribution in [0.3, 0.4) is 0 Å². The number of anilines is 1. The van der Waals surface area contributed by atoms with Gasteiger partial charge >= 0.3 is 0 Å². The van der Waals surface area contributed by atoms with E-state index < -0.39 is 0 Å². The molecule has 0 aromatic heterocycles. The van der Waals surface area contributed by atoms with Gasteiger partial charge in [0.2, 0.25) is 0 Å². The van der Waals surface area contributed by atoms with Crippen LogP contribution in [0.4, 0.5) is 5.69 Å². The first-order valence-electron chi connectivity index (χ1n) is 3.60. The van der Waals surface area contributed by atoms with Crippen molar-refractivity contribution in [3.8, 4) is 6.07 Å². The molecule has 0 fully saturated rings. The van der Waals surface area contributed by atoms with Gasteiger partial charge in [-0.3, -0.25) is 0 Å². The molecule has 2 N–H and O–H groups in total. The van der Waals surface area contributed by atoms with Crippen LogP contribution in [0, 0.1) is 11.3 Å². The predicted molar refractivity (Wildman–Crippen MR) is 57.4 cm³/mol. The Kier molecular flexibility index (Phi) is 6.55. The van der Waals surface area contributed by atoms with E-state index in [1.807, 2.05) is 6.07 Å². The fourth-order valence-corrected chi connectivity index (χ4v) is 0.777. The molecule has 0 saturated heterocycles. The van der Waals surface area contributed by atoms with Gasteiger partial charge in [0.1, 0.15) is 6.29 Å². The third-order valence-electron chi connectivity index (χ3n) is 1.19. The first kappa shape index (κ1) is 12.8. The number of hydrogen-bond acceptors (Lipinski definition) is 3. The summed E-state index contributed by atoms with van der Waals surface area (Å²) in [6, 6.07) is 6.73. The smallest absolute Gasteiger partial charge is 0.134 e. The molecule has 0 aliphatic rings. The van der Waals surface area contributed by atoms with Gasteiger partial charge < -0.3 is 10.5 Å². The summed E-state index contributed by atoms with van der Waals surface area (Å²) in [5.41, 5.74) is 6.43. The number of benzene rings is 1. The van der Waals surface area contributed by atoms with E-state index in [-0.39, 0.29) is 5.88 Å². The van der Waals surface area contributed by atoms with Crippen LogP contribution in [0.1, 0.15) is 5.56 Å². The van der Waals surface area contributed by atoms with E-state index in [4.69, 9.17) is 39.0 Å². The summed E-state index contributed by atoms with van der Waals surface area (Å²) in [6.45, 7) is 0. The summed E-state index contributed by atoms with van der Waals surface area (Å²) < 4.78 is 0. The van der Waals surface area contributed by atoms with Crippen LogP contribution in [-0.4, -0.2) is 12.2 Å². The van der Waals surface area contributed by atoms with Crippen LogP contribution in [-0.2, 0) is 4.79 Å². The minimum absolute atomic E-state index is 0.111. The highest BCUT2D eigenvalue weighted by Crippen LogP contribution is 2.18. The van der Waals surface area contributed by atoms with E-state index in [1.165, 1.54) is 6.07 Å². The lowest BCUT2D eigenvalue weighted by Gasteiger charge is -1.94. The van der Waals surface area contributed by atoms with Gasteiger partial charge in [0.15, 0.2) is 0 Å². The van der Waals surface area contributed by atoms with Crippen LogP contribution in [0.5, 0.6) is 0 Å². The lowest BCUT2D eigenvalue weighted by Crippen LogP contribution is -1.85. The molecule has 0 bridgehead atoms.